The molecule has 0 unspecified atom stereocenters. The van der Waals surface area contributed by atoms with Gasteiger partial charge in [-0.15, -0.1) is 0 Å². The van der Waals surface area contributed by atoms with Crippen LogP contribution < -0.4 is 5.32 Å². The quantitative estimate of drug-likeness (QED) is 0.701. The summed E-state index contributed by atoms with van der Waals surface area (Å²) in [5.74, 6) is -0.159. The third-order valence-electron chi connectivity index (χ3n) is 1.66. The number of halogens is 3. The largest absolute Gasteiger partial charge is 0.405 e. The monoisotopic (exact) mass is 181 g/mol. The summed E-state index contributed by atoms with van der Waals surface area (Å²) in [6.07, 6.45) is -2.10. The third kappa shape index (κ3) is 4.20. The van der Waals surface area contributed by atoms with Crippen LogP contribution in [0.1, 0.15) is 19.3 Å². The standard InChI is InChI=1S/C7H10F3NO/c8-7(9,10)4-11-6(12)3-5-1-2-5/h5H,1-4H2,(H,11,12). The van der Waals surface area contributed by atoms with Crippen LogP contribution in [-0.4, -0.2) is 18.6 Å². The molecule has 1 rings (SSSR count). The van der Waals surface area contributed by atoms with E-state index in [4.69, 9.17) is 0 Å². The zero-order valence-corrected chi connectivity index (χ0v) is 6.45. The maximum atomic E-state index is 11.6. The normalized spacial score (nSPS) is 17.6. The zero-order chi connectivity index (χ0) is 9.19. The Kier molecular flexibility index (Phi) is 2.59. The minimum atomic E-state index is -4.29. The second-order valence-corrected chi connectivity index (χ2v) is 3.04. The number of hydrogen-bond acceptors (Lipinski definition) is 1. The summed E-state index contributed by atoms with van der Waals surface area (Å²) in [4.78, 5) is 10.7. The Morgan fingerprint density at radius 1 is 1.42 bits per heavy atom. The molecule has 0 aromatic heterocycles. The Labute approximate surface area is 68.1 Å². The Morgan fingerprint density at radius 2 is 2.00 bits per heavy atom. The number of nitrogens with one attached hydrogen (secondary N) is 1. The summed E-state index contributed by atoms with van der Waals surface area (Å²) in [5, 5.41) is 1.83. The van der Waals surface area contributed by atoms with Crippen molar-refractivity contribution in [3.05, 3.63) is 0 Å². The van der Waals surface area contributed by atoms with E-state index in [0.29, 0.717) is 5.92 Å². The van der Waals surface area contributed by atoms with Gasteiger partial charge in [0.1, 0.15) is 6.54 Å². The van der Waals surface area contributed by atoms with Crippen molar-refractivity contribution in [2.45, 2.75) is 25.4 Å². The highest BCUT2D eigenvalue weighted by Gasteiger charge is 2.29. The summed E-state index contributed by atoms with van der Waals surface area (Å²) >= 11 is 0. The minimum absolute atomic E-state index is 0.246. The molecule has 0 bridgehead atoms. The van der Waals surface area contributed by atoms with E-state index in [2.05, 4.69) is 0 Å². The van der Waals surface area contributed by atoms with Crippen molar-refractivity contribution in [2.75, 3.05) is 6.54 Å². The number of carbonyl (C=O) groups excluding carboxylic acids is 1. The van der Waals surface area contributed by atoms with E-state index >= 15 is 0 Å². The topological polar surface area (TPSA) is 29.1 Å². The molecule has 1 fully saturated rings. The smallest absolute Gasteiger partial charge is 0.347 e. The lowest BCUT2D eigenvalue weighted by atomic mass is 10.3. The number of carbonyl (C=O) groups is 1. The summed E-state index contributed by atoms with van der Waals surface area (Å²) < 4.78 is 34.7. The lowest BCUT2D eigenvalue weighted by Crippen LogP contribution is -2.33. The van der Waals surface area contributed by atoms with E-state index in [1.54, 1.807) is 0 Å². The van der Waals surface area contributed by atoms with Crippen molar-refractivity contribution in [1.82, 2.24) is 5.32 Å². The average Bonchev–Trinajstić information content (AvgIpc) is 2.66. The first-order chi connectivity index (χ1) is 5.47. The van der Waals surface area contributed by atoms with Crippen LogP contribution in [0.4, 0.5) is 13.2 Å². The SMILES string of the molecule is O=C(CC1CC1)NCC(F)(F)F. The molecule has 0 radical (unpaired) electrons. The van der Waals surface area contributed by atoms with Crippen molar-refractivity contribution < 1.29 is 18.0 Å². The Balaban J connectivity index is 2.09. The van der Waals surface area contributed by atoms with Gasteiger partial charge in [0.25, 0.3) is 0 Å². The number of rotatable bonds is 3. The molecule has 1 aliphatic rings. The van der Waals surface area contributed by atoms with Gasteiger partial charge in [-0.2, -0.15) is 13.2 Å². The van der Waals surface area contributed by atoms with E-state index in [1.165, 1.54) is 0 Å². The Morgan fingerprint density at radius 3 is 2.42 bits per heavy atom. The molecule has 1 amide bonds. The second kappa shape index (κ2) is 3.33. The summed E-state index contributed by atoms with van der Waals surface area (Å²) in [6, 6.07) is 0. The third-order valence-corrected chi connectivity index (χ3v) is 1.66. The van der Waals surface area contributed by atoms with Gasteiger partial charge >= 0.3 is 6.18 Å². The molecule has 2 nitrogen and oxygen atoms in total. The maximum Gasteiger partial charge on any atom is 0.405 e. The summed E-state index contributed by atoms with van der Waals surface area (Å²) in [7, 11) is 0. The molecule has 1 aliphatic carbocycles. The zero-order valence-electron chi connectivity index (χ0n) is 6.45. The Hall–Kier alpha value is -0.740. The highest BCUT2D eigenvalue weighted by molar-refractivity contribution is 5.76. The number of alkyl halides is 3. The molecule has 0 aromatic carbocycles. The van der Waals surface area contributed by atoms with Gasteiger partial charge in [-0.3, -0.25) is 4.79 Å². The molecule has 1 saturated carbocycles. The van der Waals surface area contributed by atoms with E-state index in [1.807, 2.05) is 5.32 Å². The van der Waals surface area contributed by atoms with Gasteiger partial charge in [0.05, 0.1) is 0 Å². The van der Waals surface area contributed by atoms with E-state index in [-0.39, 0.29) is 6.42 Å². The van der Waals surface area contributed by atoms with Gasteiger partial charge in [-0.1, -0.05) is 0 Å². The van der Waals surface area contributed by atoms with Gasteiger partial charge in [0.2, 0.25) is 5.91 Å². The van der Waals surface area contributed by atoms with Crippen molar-refractivity contribution in [2.24, 2.45) is 5.92 Å². The molecule has 0 spiro atoms. The first-order valence-electron chi connectivity index (χ1n) is 3.81. The average molecular weight is 181 g/mol. The van der Waals surface area contributed by atoms with Gasteiger partial charge < -0.3 is 5.32 Å². The van der Waals surface area contributed by atoms with E-state index < -0.39 is 18.6 Å². The van der Waals surface area contributed by atoms with Crippen molar-refractivity contribution in [3.8, 4) is 0 Å². The van der Waals surface area contributed by atoms with E-state index in [9.17, 15) is 18.0 Å². The maximum absolute atomic E-state index is 11.6. The molecule has 1 N–H and O–H groups in total. The molecule has 0 heterocycles. The van der Waals surface area contributed by atoms with Crippen LogP contribution in [0.2, 0.25) is 0 Å². The molecule has 0 aliphatic heterocycles. The molecular formula is C7H10F3NO. The number of hydrogen-bond donors (Lipinski definition) is 1. The molecule has 5 heteroatoms. The van der Waals surface area contributed by atoms with Gasteiger partial charge in [-0.05, 0) is 18.8 Å². The molecule has 0 saturated heterocycles. The molecular weight excluding hydrogens is 171 g/mol. The van der Waals surface area contributed by atoms with Crippen LogP contribution in [0, 0.1) is 5.92 Å². The van der Waals surface area contributed by atoms with E-state index in [0.717, 1.165) is 12.8 Å². The molecule has 0 aromatic rings. The highest BCUT2D eigenvalue weighted by atomic mass is 19.4. The first-order valence-corrected chi connectivity index (χ1v) is 3.81. The fourth-order valence-electron chi connectivity index (χ4n) is 0.855. The summed E-state index contributed by atoms with van der Waals surface area (Å²) in [6.45, 7) is -1.21. The highest BCUT2D eigenvalue weighted by Crippen LogP contribution is 2.32. The first kappa shape index (κ1) is 9.35. The van der Waals surface area contributed by atoms with Crippen molar-refractivity contribution in [1.29, 1.82) is 0 Å². The van der Waals surface area contributed by atoms with Gasteiger partial charge in [-0.25, -0.2) is 0 Å². The van der Waals surface area contributed by atoms with Crippen LogP contribution >= 0.6 is 0 Å². The van der Waals surface area contributed by atoms with Crippen LogP contribution in [0.5, 0.6) is 0 Å². The minimum Gasteiger partial charge on any atom is -0.347 e. The lowest BCUT2D eigenvalue weighted by molar-refractivity contribution is -0.138. The van der Waals surface area contributed by atoms with Crippen LogP contribution in [0.15, 0.2) is 0 Å². The molecule has 70 valence electrons. The van der Waals surface area contributed by atoms with Crippen LogP contribution in [-0.2, 0) is 4.79 Å². The molecule has 12 heavy (non-hydrogen) atoms. The fourth-order valence-corrected chi connectivity index (χ4v) is 0.855. The second-order valence-electron chi connectivity index (χ2n) is 3.04. The predicted octanol–water partition coefficient (Wildman–Crippen LogP) is 1.46. The Bertz CT molecular complexity index is 174. The van der Waals surface area contributed by atoms with Crippen molar-refractivity contribution in [3.63, 3.8) is 0 Å². The van der Waals surface area contributed by atoms with Crippen molar-refractivity contribution >= 4 is 5.91 Å². The number of amides is 1. The lowest BCUT2D eigenvalue weighted by Gasteiger charge is -2.07. The predicted molar refractivity (Wildman–Crippen MR) is 36.4 cm³/mol. The van der Waals surface area contributed by atoms with Gasteiger partial charge in [0, 0.05) is 6.42 Å². The fraction of sp³-hybridized carbons (Fsp3) is 0.857. The molecule has 0 atom stereocenters. The summed E-state index contributed by atoms with van der Waals surface area (Å²) in [5.41, 5.74) is 0. The van der Waals surface area contributed by atoms with Gasteiger partial charge in [0.15, 0.2) is 0 Å². The van der Waals surface area contributed by atoms with Crippen LogP contribution in [0.25, 0.3) is 0 Å². The van der Waals surface area contributed by atoms with Crippen LogP contribution in [0.3, 0.4) is 0 Å².